The number of rotatable bonds is 7. The summed E-state index contributed by atoms with van der Waals surface area (Å²) in [5, 5.41) is 0. The van der Waals surface area contributed by atoms with Gasteiger partial charge < -0.3 is 4.74 Å². The fourth-order valence-corrected chi connectivity index (χ4v) is 2.39. The van der Waals surface area contributed by atoms with Crippen LogP contribution >= 0.6 is 0 Å². The van der Waals surface area contributed by atoms with Crippen molar-refractivity contribution in [1.29, 1.82) is 0 Å². The molecule has 0 saturated heterocycles. The van der Waals surface area contributed by atoms with Gasteiger partial charge >= 0.3 is 6.18 Å². The Balaban J connectivity index is 2.97. The van der Waals surface area contributed by atoms with Gasteiger partial charge in [-0.15, -0.1) is 0 Å². The zero-order valence-electron chi connectivity index (χ0n) is 14.4. The van der Waals surface area contributed by atoms with E-state index in [1.165, 1.54) is 24.3 Å². The van der Waals surface area contributed by atoms with Gasteiger partial charge in [0.1, 0.15) is 16.7 Å². The van der Waals surface area contributed by atoms with Crippen molar-refractivity contribution in [1.82, 2.24) is 0 Å². The maximum atomic E-state index is 13.2. The second-order valence-electron chi connectivity index (χ2n) is 6.38. The summed E-state index contributed by atoms with van der Waals surface area (Å²) in [4.78, 5) is 0. The normalized spacial score (nSPS) is 14.5. The number of halogens is 3. The van der Waals surface area contributed by atoms with E-state index in [1.807, 2.05) is 0 Å². The lowest BCUT2D eigenvalue weighted by Crippen LogP contribution is -2.28. The monoisotopic (exact) mass is 363 g/mol. The minimum absolute atomic E-state index is 0.124. The van der Waals surface area contributed by atoms with Gasteiger partial charge in [-0.1, -0.05) is 19.8 Å². The van der Waals surface area contributed by atoms with Gasteiger partial charge in [0.25, 0.3) is 0 Å². The molecule has 0 aromatic heterocycles. The summed E-state index contributed by atoms with van der Waals surface area (Å²) in [7, 11) is -1.99. The zero-order valence-corrected chi connectivity index (χ0v) is 15.3. The quantitative estimate of drug-likeness (QED) is 0.501. The predicted octanol–water partition coefficient (Wildman–Crippen LogP) is 5.07. The van der Waals surface area contributed by atoms with Gasteiger partial charge in [-0.25, -0.2) is 4.21 Å². The molecule has 0 saturated carbocycles. The molecule has 0 bridgehead atoms. The molecule has 0 heterocycles. The number of benzene rings is 1. The molecule has 1 rings (SSSR count). The molecule has 1 atom stereocenters. The Morgan fingerprint density at radius 3 is 2.17 bits per heavy atom. The van der Waals surface area contributed by atoms with E-state index < -0.39 is 27.6 Å². The van der Waals surface area contributed by atoms with Gasteiger partial charge in [-0.2, -0.15) is 17.6 Å². The van der Waals surface area contributed by atoms with E-state index in [1.54, 1.807) is 20.8 Å². The molecular formula is C17H24F3NO2S. The second kappa shape index (κ2) is 8.65. The Labute approximate surface area is 143 Å². The Bertz CT molecular complexity index is 575. The molecule has 0 aliphatic carbocycles. The number of nitrogens with zero attached hydrogens (tertiary/aromatic N) is 1. The Kier molecular flexibility index (Phi) is 7.45. The van der Waals surface area contributed by atoms with Crippen LogP contribution in [0.3, 0.4) is 0 Å². The van der Waals surface area contributed by atoms with Crippen LogP contribution in [0.1, 0.15) is 52.5 Å². The molecule has 7 heteroatoms. The van der Waals surface area contributed by atoms with Crippen molar-refractivity contribution < 1.29 is 22.1 Å². The van der Waals surface area contributed by atoms with E-state index >= 15 is 0 Å². The lowest BCUT2D eigenvalue weighted by Gasteiger charge is -2.17. The van der Waals surface area contributed by atoms with Crippen molar-refractivity contribution >= 4 is 16.7 Å². The number of unbranched alkanes of at least 4 members (excludes halogenated alkanes) is 2. The van der Waals surface area contributed by atoms with Crippen LogP contribution in [0.5, 0.6) is 5.75 Å². The van der Waals surface area contributed by atoms with Crippen LogP contribution in [0.2, 0.25) is 0 Å². The van der Waals surface area contributed by atoms with Crippen molar-refractivity contribution in [2.24, 2.45) is 4.40 Å². The van der Waals surface area contributed by atoms with Crippen molar-refractivity contribution in [3.05, 3.63) is 29.8 Å². The van der Waals surface area contributed by atoms with Crippen LogP contribution in [-0.4, -0.2) is 27.5 Å². The SMILES string of the molecule is CCCCCOc1ccc(C(=N[S@@](=O)C(C)(C)C)C(F)(F)F)cc1. The molecule has 0 aliphatic rings. The summed E-state index contributed by atoms with van der Waals surface area (Å²) in [6, 6.07) is 5.54. The zero-order chi connectivity index (χ0) is 18.4. The van der Waals surface area contributed by atoms with Crippen LogP contribution in [0.25, 0.3) is 0 Å². The van der Waals surface area contributed by atoms with Crippen molar-refractivity contribution in [2.45, 2.75) is 57.9 Å². The van der Waals surface area contributed by atoms with Gasteiger partial charge in [0, 0.05) is 5.56 Å². The van der Waals surface area contributed by atoms with Gasteiger partial charge in [-0.05, 0) is 51.5 Å². The molecule has 0 N–H and O–H groups in total. The van der Waals surface area contributed by atoms with Crippen LogP contribution in [-0.2, 0) is 11.0 Å². The Hall–Kier alpha value is -1.37. The summed E-state index contributed by atoms with van der Waals surface area (Å²) in [6.45, 7) is 7.34. The standard InChI is InChI=1S/C17H24F3NO2S/c1-5-6-7-12-23-14-10-8-13(9-11-14)15(17(18,19)20)21-24(22)16(2,3)4/h8-11H,5-7,12H2,1-4H3/t24-/m0/s1. The van der Waals surface area contributed by atoms with Crippen LogP contribution in [0.4, 0.5) is 13.2 Å². The summed E-state index contributed by atoms with van der Waals surface area (Å²) >= 11 is 0. The largest absolute Gasteiger partial charge is 0.494 e. The van der Waals surface area contributed by atoms with Gasteiger partial charge in [-0.3, -0.25) is 0 Å². The van der Waals surface area contributed by atoms with E-state index in [4.69, 9.17) is 4.74 Å². The maximum Gasteiger partial charge on any atom is 0.434 e. The van der Waals surface area contributed by atoms with E-state index in [-0.39, 0.29) is 5.56 Å². The smallest absolute Gasteiger partial charge is 0.434 e. The first-order valence-corrected chi connectivity index (χ1v) is 8.97. The second-order valence-corrected chi connectivity index (χ2v) is 8.28. The molecule has 136 valence electrons. The highest BCUT2D eigenvalue weighted by molar-refractivity contribution is 7.85. The highest BCUT2D eigenvalue weighted by Crippen LogP contribution is 2.26. The maximum absolute atomic E-state index is 13.2. The third-order valence-electron chi connectivity index (χ3n) is 3.11. The number of ether oxygens (including phenoxy) is 1. The molecule has 1 aromatic rings. The first-order valence-electron chi connectivity index (χ1n) is 7.87. The molecule has 0 fully saturated rings. The third-order valence-corrected chi connectivity index (χ3v) is 4.51. The Morgan fingerprint density at radius 2 is 1.71 bits per heavy atom. The molecule has 24 heavy (non-hydrogen) atoms. The first-order chi connectivity index (χ1) is 11.1. The lowest BCUT2D eigenvalue weighted by molar-refractivity contribution is -0.0578. The number of hydrogen-bond acceptors (Lipinski definition) is 2. The summed E-state index contributed by atoms with van der Waals surface area (Å²) < 4.78 is 59.7. The topological polar surface area (TPSA) is 38.7 Å². The molecule has 0 amide bonds. The predicted molar refractivity (Wildman–Crippen MR) is 91.9 cm³/mol. The number of alkyl halides is 3. The van der Waals surface area contributed by atoms with Gasteiger partial charge in [0.05, 0.1) is 11.4 Å². The fraction of sp³-hybridized carbons (Fsp3) is 0.588. The van der Waals surface area contributed by atoms with Crippen LogP contribution in [0.15, 0.2) is 28.7 Å². The van der Waals surface area contributed by atoms with Gasteiger partial charge in [0.15, 0.2) is 5.71 Å². The molecule has 3 nitrogen and oxygen atoms in total. The van der Waals surface area contributed by atoms with E-state index in [0.29, 0.717) is 12.4 Å². The third kappa shape index (κ3) is 6.63. The summed E-state index contributed by atoms with van der Waals surface area (Å²) in [5.41, 5.74) is -1.26. The van der Waals surface area contributed by atoms with Crippen molar-refractivity contribution in [2.75, 3.05) is 6.61 Å². The lowest BCUT2D eigenvalue weighted by atomic mass is 10.1. The molecule has 0 unspecified atom stereocenters. The van der Waals surface area contributed by atoms with E-state index in [2.05, 4.69) is 11.3 Å². The Morgan fingerprint density at radius 1 is 1.12 bits per heavy atom. The summed E-state index contributed by atoms with van der Waals surface area (Å²) in [6.07, 6.45) is -1.66. The first kappa shape index (κ1) is 20.7. The minimum atomic E-state index is -4.68. The van der Waals surface area contributed by atoms with Crippen LogP contribution in [0, 0.1) is 0 Å². The highest BCUT2D eigenvalue weighted by atomic mass is 32.2. The van der Waals surface area contributed by atoms with Gasteiger partial charge in [0.2, 0.25) is 0 Å². The van der Waals surface area contributed by atoms with E-state index in [9.17, 15) is 17.4 Å². The average Bonchev–Trinajstić information content (AvgIpc) is 2.47. The molecule has 0 spiro atoms. The van der Waals surface area contributed by atoms with Crippen molar-refractivity contribution in [3.63, 3.8) is 0 Å². The molecule has 0 radical (unpaired) electrons. The highest BCUT2D eigenvalue weighted by Gasteiger charge is 2.38. The fourth-order valence-electron chi connectivity index (χ4n) is 1.74. The molecule has 1 aromatic carbocycles. The van der Waals surface area contributed by atoms with Crippen molar-refractivity contribution in [3.8, 4) is 5.75 Å². The average molecular weight is 363 g/mol. The molecular weight excluding hydrogens is 339 g/mol. The minimum Gasteiger partial charge on any atom is -0.494 e. The number of hydrogen-bond donors (Lipinski definition) is 0. The van der Waals surface area contributed by atoms with E-state index in [0.717, 1.165) is 19.3 Å². The summed E-state index contributed by atoms with van der Waals surface area (Å²) in [5.74, 6) is 0.508. The van der Waals surface area contributed by atoms with Crippen LogP contribution < -0.4 is 4.74 Å². The molecule has 0 aliphatic heterocycles.